The molecule has 0 radical (unpaired) electrons. The Morgan fingerprint density at radius 1 is 1.19 bits per heavy atom. The van der Waals surface area contributed by atoms with Gasteiger partial charge in [0.2, 0.25) is 0 Å². The predicted molar refractivity (Wildman–Crippen MR) is 55.7 cm³/mol. The Bertz CT molecular complexity index is 448. The molecule has 1 atom stereocenters. The van der Waals surface area contributed by atoms with Gasteiger partial charge in [0.05, 0.1) is 12.5 Å². The first-order chi connectivity index (χ1) is 7.65. The van der Waals surface area contributed by atoms with Crippen molar-refractivity contribution < 1.29 is 13.2 Å². The standard InChI is InChI=1S/C12H11F2NO/c13-10-3-8(4-11(14)6-10)5-12(15)9-1-2-16-7-9/h1-4,6-7,12H,5,15H2. The van der Waals surface area contributed by atoms with E-state index in [2.05, 4.69) is 0 Å². The summed E-state index contributed by atoms with van der Waals surface area (Å²) in [5.41, 5.74) is 7.21. The smallest absolute Gasteiger partial charge is 0.126 e. The first-order valence-corrected chi connectivity index (χ1v) is 4.88. The van der Waals surface area contributed by atoms with Gasteiger partial charge in [0.1, 0.15) is 11.6 Å². The lowest BCUT2D eigenvalue weighted by Gasteiger charge is -2.09. The van der Waals surface area contributed by atoms with Crippen molar-refractivity contribution in [2.45, 2.75) is 12.5 Å². The average molecular weight is 223 g/mol. The van der Waals surface area contributed by atoms with Gasteiger partial charge in [0, 0.05) is 17.7 Å². The first-order valence-electron chi connectivity index (χ1n) is 4.88. The van der Waals surface area contributed by atoms with Crippen molar-refractivity contribution in [2.75, 3.05) is 0 Å². The lowest BCUT2D eigenvalue weighted by Crippen LogP contribution is -2.12. The summed E-state index contributed by atoms with van der Waals surface area (Å²) in [7, 11) is 0. The highest BCUT2D eigenvalue weighted by atomic mass is 19.1. The topological polar surface area (TPSA) is 39.2 Å². The largest absolute Gasteiger partial charge is 0.472 e. The summed E-state index contributed by atoms with van der Waals surface area (Å²) < 4.78 is 30.7. The van der Waals surface area contributed by atoms with E-state index in [0.717, 1.165) is 11.6 Å². The van der Waals surface area contributed by atoms with E-state index in [1.54, 1.807) is 6.07 Å². The zero-order valence-corrected chi connectivity index (χ0v) is 8.49. The van der Waals surface area contributed by atoms with Crippen molar-refractivity contribution in [1.82, 2.24) is 0 Å². The van der Waals surface area contributed by atoms with Crippen LogP contribution in [-0.2, 0) is 6.42 Å². The van der Waals surface area contributed by atoms with Crippen LogP contribution in [0.3, 0.4) is 0 Å². The maximum atomic E-state index is 12.9. The molecule has 2 rings (SSSR count). The highest BCUT2D eigenvalue weighted by molar-refractivity contribution is 5.22. The second-order valence-corrected chi connectivity index (χ2v) is 3.64. The summed E-state index contributed by atoms with van der Waals surface area (Å²) in [6, 6.07) is 4.82. The molecule has 84 valence electrons. The van der Waals surface area contributed by atoms with E-state index in [-0.39, 0.29) is 6.04 Å². The molecule has 2 nitrogen and oxygen atoms in total. The maximum Gasteiger partial charge on any atom is 0.126 e. The summed E-state index contributed by atoms with van der Waals surface area (Å²) in [5, 5.41) is 0. The van der Waals surface area contributed by atoms with Crippen molar-refractivity contribution in [3.63, 3.8) is 0 Å². The fourth-order valence-corrected chi connectivity index (χ4v) is 1.59. The van der Waals surface area contributed by atoms with E-state index < -0.39 is 11.6 Å². The molecule has 0 aliphatic heterocycles. The number of furan rings is 1. The van der Waals surface area contributed by atoms with E-state index in [4.69, 9.17) is 10.2 Å². The molecule has 2 aromatic rings. The van der Waals surface area contributed by atoms with Crippen molar-refractivity contribution in [3.8, 4) is 0 Å². The first kappa shape index (κ1) is 10.8. The lowest BCUT2D eigenvalue weighted by atomic mass is 10.0. The monoisotopic (exact) mass is 223 g/mol. The van der Waals surface area contributed by atoms with Crippen LogP contribution >= 0.6 is 0 Å². The van der Waals surface area contributed by atoms with Crippen LogP contribution < -0.4 is 5.73 Å². The van der Waals surface area contributed by atoms with Crippen LogP contribution in [-0.4, -0.2) is 0 Å². The minimum Gasteiger partial charge on any atom is -0.472 e. The van der Waals surface area contributed by atoms with E-state index in [0.29, 0.717) is 12.0 Å². The van der Waals surface area contributed by atoms with Crippen LogP contribution in [0.25, 0.3) is 0 Å². The molecule has 1 aromatic heterocycles. The van der Waals surface area contributed by atoms with Gasteiger partial charge in [-0.2, -0.15) is 0 Å². The summed E-state index contributed by atoms with van der Waals surface area (Å²) in [4.78, 5) is 0. The molecular formula is C12H11F2NO. The van der Waals surface area contributed by atoms with Crippen LogP contribution in [0.5, 0.6) is 0 Å². The minimum atomic E-state index is -0.589. The zero-order valence-electron chi connectivity index (χ0n) is 8.49. The van der Waals surface area contributed by atoms with Crippen molar-refractivity contribution >= 4 is 0 Å². The molecule has 0 saturated carbocycles. The van der Waals surface area contributed by atoms with Gasteiger partial charge < -0.3 is 10.2 Å². The van der Waals surface area contributed by atoms with Crippen LogP contribution in [0, 0.1) is 11.6 Å². The van der Waals surface area contributed by atoms with Crippen LogP contribution in [0.1, 0.15) is 17.2 Å². The fraction of sp³-hybridized carbons (Fsp3) is 0.167. The quantitative estimate of drug-likeness (QED) is 0.868. The van der Waals surface area contributed by atoms with Gasteiger partial charge in [-0.05, 0) is 30.2 Å². The summed E-state index contributed by atoms with van der Waals surface area (Å²) >= 11 is 0. The zero-order chi connectivity index (χ0) is 11.5. The number of nitrogens with two attached hydrogens (primary N) is 1. The van der Waals surface area contributed by atoms with Gasteiger partial charge >= 0.3 is 0 Å². The Kier molecular flexibility index (Phi) is 3.01. The van der Waals surface area contributed by atoms with E-state index in [1.165, 1.54) is 24.7 Å². The Labute approximate surface area is 91.7 Å². The molecule has 4 heteroatoms. The molecule has 0 saturated heterocycles. The predicted octanol–water partition coefficient (Wildman–Crippen LogP) is 2.80. The van der Waals surface area contributed by atoms with E-state index in [9.17, 15) is 8.78 Å². The number of benzene rings is 1. The number of hydrogen-bond acceptors (Lipinski definition) is 2. The van der Waals surface area contributed by atoms with Crippen molar-refractivity contribution in [3.05, 3.63) is 59.6 Å². The number of rotatable bonds is 3. The third kappa shape index (κ3) is 2.46. The van der Waals surface area contributed by atoms with Crippen LogP contribution in [0.2, 0.25) is 0 Å². The summed E-state index contributed by atoms with van der Waals surface area (Å²) in [6.45, 7) is 0. The summed E-state index contributed by atoms with van der Waals surface area (Å²) in [6.07, 6.45) is 3.41. The fourth-order valence-electron chi connectivity index (χ4n) is 1.59. The minimum absolute atomic E-state index is 0.319. The Balaban J connectivity index is 2.15. The molecular weight excluding hydrogens is 212 g/mol. The lowest BCUT2D eigenvalue weighted by molar-refractivity contribution is 0.556. The third-order valence-electron chi connectivity index (χ3n) is 2.35. The van der Waals surface area contributed by atoms with Gasteiger partial charge in [-0.15, -0.1) is 0 Å². The molecule has 0 spiro atoms. The second-order valence-electron chi connectivity index (χ2n) is 3.64. The molecule has 2 N–H and O–H groups in total. The highest BCUT2D eigenvalue weighted by Crippen LogP contribution is 2.17. The Morgan fingerprint density at radius 2 is 1.88 bits per heavy atom. The van der Waals surface area contributed by atoms with Gasteiger partial charge in [-0.1, -0.05) is 0 Å². The molecule has 1 aromatic carbocycles. The SMILES string of the molecule is NC(Cc1cc(F)cc(F)c1)c1ccoc1. The summed E-state index contributed by atoms with van der Waals surface area (Å²) in [5.74, 6) is -1.18. The van der Waals surface area contributed by atoms with E-state index >= 15 is 0 Å². The molecule has 0 amide bonds. The van der Waals surface area contributed by atoms with Crippen molar-refractivity contribution in [1.29, 1.82) is 0 Å². The van der Waals surface area contributed by atoms with E-state index in [1.807, 2.05) is 0 Å². The molecule has 0 aliphatic rings. The third-order valence-corrected chi connectivity index (χ3v) is 2.35. The second kappa shape index (κ2) is 4.45. The van der Waals surface area contributed by atoms with Crippen LogP contribution in [0.15, 0.2) is 41.2 Å². The number of hydrogen-bond donors (Lipinski definition) is 1. The molecule has 16 heavy (non-hydrogen) atoms. The Hall–Kier alpha value is -1.68. The van der Waals surface area contributed by atoms with Gasteiger partial charge in [0.15, 0.2) is 0 Å². The van der Waals surface area contributed by atoms with Crippen molar-refractivity contribution in [2.24, 2.45) is 5.73 Å². The molecule has 1 unspecified atom stereocenters. The number of halogens is 2. The highest BCUT2D eigenvalue weighted by Gasteiger charge is 2.09. The van der Waals surface area contributed by atoms with Crippen LogP contribution in [0.4, 0.5) is 8.78 Å². The van der Waals surface area contributed by atoms with Gasteiger partial charge in [0.25, 0.3) is 0 Å². The molecule has 0 fully saturated rings. The molecule has 1 heterocycles. The van der Waals surface area contributed by atoms with Gasteiger partial charge in [-0.25, -0.2) is 8.78 Å². The van der Waals surface area contributed by atoms with Gasteiger partial charge in [-0.3, -0.25) is 0 Å². The maximum absolute atomic E-state index is 12.9. The average Bonchev–Trinajstić information content (AvgIpc) is 2.68. The Morgan fingerprint density at radius 3 is 2.44 bits per heavy atom. The molecule has 0 bridgehead atoms. The molecule has 0 aliphatic carbocycles. The normalized spacial score (nSPS) is 12.7.